The Kier molecular flexibility index (Phi) is 4.81. The van der Waals surface area contributed by atoms with Crippen LogP contribution in [0.25, 0.3) is 21.8 Å². The van der Waals surface area contributed by atoms with E-state index in [9.17, 15) is 4.79 Å². The molecule has 1 heterocycles. The van der Waals surface area contributed by atoms with Crippen molar-refractivity contribution in [3.8, 4) is 0 Å². The SMILES string of the molecule is CNC(=O)OCN(c1ccccc1)c1c(C)ccc2nc3ccccc3cc12. The molecular weight excluding hydrogens is 350 g/mol. The number of para-hydroxylation sites is 2. The first-order chi connectivity index (χ1) is 13.7. The van der Waals surface area contributed by atoms with Gasteiger partial charge in [0, 0.05) is 23.5 Å². The minimum Gasteiger partial charge on any atom is -0.428 e. The fourth-order valence-corrected chi connectivity index (χ4v) is 3.37. The lowest BCUT2D eigenvalue weighted by Gasteiger charge is -2.27. The second-order valence-corrected chi connectivity index (χ2v) is 6.55. The largest absolute Gasteiger partial charge is 0.428 e. The van der Waals surface area contributed by atoms with Crippen LogP contribution in [0.15, 0.2) is 72.8 Å². The number of hydrogen-bond acceptors (Lipinski definition) is 4. The molecule has 0 spiro atoms. The number of alkyl carbamates (subject to hydrolysis) is 1. The Morgan fingerprint density at radius 2 is 1.75 bits per heavy atom. The molecule has 0 saturated heterocycles. The van der Waals surface area contributed by atoms with E-state index in [1.165, 1.54) is 0 Å². The summed E-state index contributed by atoms with van der Waals surface area (Å²) in [6.45, 7) is 2.15. The van der Waals surface area contributed by atoms with Crippen molar-refractivity contribution in [3.63, 3.8) is 0 Å². The van der Waals surface area contributed by atoms with Gasteiger partial charge in [-0.25, -0.2) is 9.78 Å². The van der Waals surface area contributed by atoms with Crippen LogP contribution in [0.4, 0.5) is 16.2 Å². The number of hydrogen-bond donors (Lipinski definition) is 1. The predicted octanol–water partition coefficient (Wildman–Crippen LogP) is 5.15. The summed E-state index contributed by atoms with van der Waals surface area (Å²) in [6, 6.07) is 24.2. The van der Waals surface area contributed by atoms with E-state index < -0.39 is 6.09 Å². The lowest BCUT2D eigenvalue weighted by molar-refractivity contribution is 0.151. The van der Waals surface area contributed by atoms with Crippen LogP contribution in [0, 0.1) is 6.92 Å². The molecule has 4 rings (SSSR count). The van der Waals surface area contributed by atoms with Gasteiger partial charge in [-0.15, -0.1) is 0 Å². The Morgan fingerprint density at radius 3 is 2.54 bits per heavy atom. The monoisotopic (exact) mass is 371 g/mol. The summed E-state index contributed by atoms with van der Waals surface area (Å²) >= 11 is 0. The summed E-state index contributed by atoms with van der Waals surface area (Å²) in [5.41, 5.74) is 4.85. The van der Waals surface area contributed by atoms with Crippen LogP contribution in [0.3, 0.4) is 0 Å². The maximum Gasteiger partial charge on any atom is 0.408 e. The molecule has 0 aliphatic heterocycles. The molecule has 0 bridgehead atoms. The molecule has 0 aliphatic carbocycles. The minimum atomic E-state index is -0.470. The molecule has 0 aliphatic rings. The third-order valence-electron chi connectivity index (χ3n) is 4.74. The summed E-state index contributed by atoms with van der Waals surface area (Å²) in [6.07, 6.45) is -0.470. The molecule has 28 heavy (non-hydrogen) atoms. The summed E-state index contributed by atoms with van der Waals surface area (Å²) in [5, 5.41) is 4.59. The van der Waals surface area contributed by atoms with Crippen molar-refractivity contribution in [2.24, 2.45) is 0 Å². The van der Waals surface area contributed by atoms with Gasteiger partial charge in [-0.2, -0.15) is 0 Å². The van der Waals surface area contributed by atoms with E-state index in [1.807, 2.05) is 59.5 Å². The molecular formula is C23H21N3O2. The Bertz CT molecular complexity index is 1140. The highest BCUT2D eigenvalue weighted by Crippen LogP contribution is 2.36. The van der Waals surface area contributed by atoms with Gasteiger partial charge in [0.15, 0.2) is 6.73 Å². The van der Waals surface area contributed by atoms with Crippen LogP contribution in [0.1, 0.15) is 5.56 Å². The number of rotatable bonds is 4. The number of fused-ring (bicyclic) bond motifs is 2. The third-order valence-corrected chi connectivity index (χ3v) is 4.74. The maximum atomic E-state index is 11.7. The van der Waals surface area contributed by atoms with Crippen molar-refractivity contribution >= 4 is 39.3 Å². The highest BCUT2D eigenvalue weighted by Gasteiger charge is 2.18. The third kappa shape index (κ3) is 3.34. The first kappa shape index (κ1) is 17.8. The number of anilines is 2. The van der Waals surface area contributed by atoms with Gasteiger partial charge in [0.05, 0.1) is 16.7 Å². The standard InChI is InChI=1S/C23H21N3O2/c1-16-12-13-21-19(14-17-8-6-7-11-20(17)25-21)22(16)26(15-28-23(27)24-2)18-9-4-3-5-10-18/h3-14H,15H2,1-2H3,(H,24,27). The van der Waals surface area contributed by atoms with Gasteiger partial charge in [-0.05, 0) is 42.8 Å². The van der Waals surface area contributed by atoms with Crippen LogP contribution in [0.2, 0.25) is 0 Å². The van der Waals surface area contributed by atoms with Crippen LogP contribution in [-0.2, 0) is 4.74 Å². The molecule has 0 atom stereocenters. The van der Waals surface area contributed by atoms with Crippen molar-refractivity contribution < 1.29 is 9.53 Å². The van der Waals surface area contributed by atoms with Crippen LogP contribution in [-0.4, -0.2) is 24.9 Å². The molecule has 1 N–H and O–H groups in total. The Balaban J connectivity index is 1.92. The zero-order valence-corrected chi connectivity index (χ0v) is 15.8. The van der Waals surface area contributed by atoms with Crippen LogP contribution < -0.4 is 10.2 Å². The van der Waals surface area contributed by atoms with E-state index >= 15 is 0 Å². The molecule has 140 valence electrons. The smallest absolute Gasteiger partial charge is 0.408 e. The van der Waals surface area contributed by atoms with Crippen molar-refractivity contribution in [2.75, 3.05) is 18.7 Å². The first-order valence-electron chi connectivity index (χ1n) is 9.13. The van der Waals surface area contributed by atoms with Gasteiger partial charge in [-0.3, -0.25) is 0 Å². The molecule has 1 aromatic heterocycles. The van der Waals surface area contributed by atoms with E-state index in [4.69, 9.17) is 9.72 Å². The summed E-state index contributed by atoms with van der Waals surface area (Å²) in [4.78, 5) is 18.6. The molecule has 0 fully saturated rings. The van der Waals surface area contributed by atoms with Gasteiger partial charge in [0.25, 0.3) is 0 Å². The fourth-order valence-electron chi connectivity index (χ4n) is 3.37. The van der Waals surface area contributed by atoms with Crippen LogP contribution in [0.5, 0.6) is 0 Å². The number of benzene rings is 3. The van der Waals surface area contributed by atoms with Crippen LogP contribution >= 0.6 is 0 Å². The highest BCUT2D eigenvalue weighted by atomic mass is 16.6. The Labute approximate surface area is 163 Å². The van der Waals surface area contributed by atoms with E-state index in [-0.39, 0.29) is 6.73 Å². The number of aryl methyl sites for hydroxylation is 1. The van der Waals surface area contributed by atoms with E-state index in [0.29, 0.717) is 0 Å². The number of ether oxygens (including phenoxy) is 1. The molecule has 0 saturated carbocycles. The normalized spacial score (nSPS) is 10.8. The van der Waals surface area contributed by atoms with Crippen molar-refractivity contribution in [1.82, 2.24) is 10.3 Å². The summed E-state index contributed by atoms with van der Waals surface area (Å²) in [5.74, 6) is 0. The maximum absolute atomic E-state index is 11.7. The van der Waals surface area contributed by atoms with Crippen molar-refractivity contribution in [1.29, 1.82) is 0 Å². The van der Waals surface area contributed by atoms with E-state index in [0.717, 1.165) is 38.7 Å². The van der Waals surface area contributed by atoms with Gasteiger partial charge >= 0.3 is 6.09 Å². The van der Waals surface area contributed by atoms with Crippen molar-refractivity contribution in [2.45, 2.75) is 6.92 Å². The second kappa shape index (κ2) is 7.56. The number of amides is 1. The zero-order chi connectivity index (χ0) is 19.5. The summed E-state index contributed by atoms with van der Waals surface area (Å²) in [7, 11) is 1.55. The molecule has 4 aromatic rings. The minimum absolute atomic E-state index is 0.0937. The van der Waals surface area contributed by atoms with E-state index in [1.54, 1.807) is 7.05 Å². The molecule has 5 nitrogen and oxygen atoms in total. The number of nitrogens with zero attached hydrogens (tertiary/aromatic N) is 2. The topological polar surface area (TPSA) is 54.5 Å². The van der Waals surface area contributed by atoms with Gasteiger partial charge in [0.2, 0.25) is 0 Å². The number of aromatic nitrogens is 1. The number of nitrogens with one attached hydrogen (secondary N) is 1. The second-order valence-electron chi connectivity index (χ2n) is 6.55. The first-order valence-corrected chi connectivity index (χ1v) is 9.13. The van der Waals surface area contributed by atoms with E-state index in [2.05, 4.69) is 30.4 Å². The average Bonchev–Trinajstić information content (AvgIpc) is 2.74. The average molecular weight is 371 g/mol. The Morgan fingerprint density at radius 1 is 1.00 bits per heavy atom. The molecule has 1 amide bonds. The molecule has 3 aromatic carbocycles. The van der Waals surface area contributed by atoms with Gasteiger partial charge < -0.3 is 15.0 Å². The fraction of sp³-hybridized carbons (Fsp3) is 0.130. The highest BCUT2D eigenvalue weighted by molar-refractivity contribution is 6.02. The molecule has 0 unspecified atom stereocenters. The molecule has 0 radical (unpaired) electrons. The molecule has 5 heteroatoms. The van der Waals surface area contributed by atoms with Gasteiger partial charge in [0.1, 0.15) is 0 Å². The predicted molar refractivity (Wildman–Crippen MR) is 113 cm³/mol. The number of carbonyl (C=O) groups is 1. The lowest BCUT2D eigenvalue weighted by atomic mass is 10.0. The summed E-state index contributed by atoms with van der Waals surface area (Å²) < 4.78 is 5.41. The Hall–Kier alpha value is -3.60. The van der Waals surface area contributed by atoms with Gasteiger partial charge in [-0.1, -0.05) is 42.5 Å². The quantitative estimate of drug-likeness (QED) is 0.398. The number of pyridine rings is 1. The zero-order valence-electron chi connectivity index (χ0n) is 15.8. The number of carbonyl (C=O) groups excluding carboxylic acids is 1. The lowest BCUT2D eigenvalue weighted by Crippen LogP contribution is -2.28. The van der Waals surface area contributed by atoms with Crippen molar-refractivity contribution in [3.05, 3.63) is 78.4 Å².